The molecule has 0 saturated carbocycles. The minimum Gasteiger partial charge on any atom is -0.464 e. The number of amides is 1. The van der Waals surface area contributed by atoms with Crippen LogP contribution < -0.4 is 0 Å². The molecule has 1 amide bonds. The molecule has 0 N–H and O–H groups in total. The first-order valence-corrected chi connectivity index (χ1v) is 8.84. The minimum atomic E-state index is 0.128. The van der Waals surface area contributed by atoms with Crippen molar-refractivity contribution < 1.29 is 9.21 Å². The molecule has 118 valence electrons. The lowest BCUT2D eigenvalue weighted by Crippen LogP contribution is -2.35. The van der Waals surface area contributed by atoms with Crippen molar-refractivity contribution in [3.05, 3.63) is 45.0 Å². The highest BCUT2D eigenvalue weighted by Crippen LogP contribution is 2.31. The van der Waals surface area contributed by atoms with E-state index in [-0.39, 0.29) is 11.9 Å². The molecule has 1 aliphatic rings. The molecule has 0 spiro atoms. The summed E-state index contributed by atoms with van der Waals surface area (Å²) in [5.41, 5.74) is 1.39. The number of hydrogen-bond donors (Lipinski definition) is 0. The van der Waals surface area contributed by atoms with Crippen LogP contribution in [-0.2, 0) is 19.4 Å². The fourth-order valence-electron chi connectivity index (χ4n) is 2.96. The van der Waals surface area contributed by atoms with E-state index in [1.54, 1.807) is 11.3 Å². The molecule has 2 heterocycles. The predicted molar refractivity (Wildman–Crippen MR) is 89.4 cm³/mol. The fraction of sp³-hybridized carbons (Fsp3) is 0.500. The number of carbonyl (C=O) groups excluding carboxylic acids is 1. The Balaban J connectivity index is 1.81. The van der Waals surface area contributed by atoms with Gasteiger partial charge in [0.1, 0.15) is 11.5 Å². The maximum Gasteiger partial charge on any atom is 0.264 e. The lowest BCUT2D eigenvalue weighted by atomic mass is 9.99. The maximum atomic E-state index is 12.9. The Morgan fingerprint density at radius 3 is 2.73 bits per heavy atom. The molecule has 4 heteroatoms. The highest BCUT2D eigenvalue weighted by atomic mass is 32.1. The Labute approximate surface area is 135 Å². The molecule has 0 bridgehead atoms. The van der Waals surface area contributed by atoms with E-state index >= 15 is 0 Å². The highest BCUT2D eigenvalue weighted by Gasteiger charge is 2.24. The van der Waals surface area contributed by atoms with Crippen molar-refractivity contribution in [2.45, 2.75) is 59.0 Å². The zero-order valence-corrected chi connectivity index (χ0v) is 14.3. The van der Waals surface area contributed by atoms with Crippen LogP contribution in [0, 0.1) is 6.92 Å². The number of thiophene rings is 1. The number of furan rings is 1. The van der Waals surface area contributed by atoms with Gasteiger partial charge >= 0.3 is 0 Å². The average Bonchev–Trinajstić information content (AvgIpc) is 3.09. The summed E-state index contributed by atoms with van der Waals surface area (Å²) in [4.78, 5) is 17.1. The molecule has 0 unspecified atom stereocenters. The maximum absolute atomic E-state index is 12.9. The van der Waals surface area contributed by atoms with Gasteiger partial charge in [0.25, 0.3) is 5.91 Å². The zero-order chi connectivity index (χ0) is 15.7. The molecule has 0 saturated heterocycles. The van der Waals surface area contributed by atoms with Crippen LogP contribution in [0.2, 0.25) is 0 Å². The third kappa shape index (κ3) is 3.12. The highest BCUT2D eigenvalue weighted by molar-refractivity contribution is 7.14. The van der Waals surface area contributed by atoms with Gasteiger partial charge in [0.15, 0.2) is 0 Å². The van der Waals surface area contributed by atoms with Crippen molar-refractivity contribution in [1.29, 1.82) is 0 Å². The first kappa shape index (κ1) is 15.3. The Morgan fingerprint density at radius 1 is 1.32 bits per heavy atom. The van der Waals surface area contributed by atoms with Crippen LogP contribution in [0.3, 0.4) is 0 Å². The Kier molecular flexibility index (Phi) is 4.39. The summed E-state index contributed by atoms with van der Waals surface area (Å²) in [6.45, 7) is 6.58. The summed E-state index contributed by atoms with van der Waals surface area (Å²) >= 11 is 1.68. The van der Waals surface area contributed by atoms with Crippen LogP contribution in [-0.4, -0.2) is 16.8 Å². The largest absolute Gasteiger partial charge is 0.464 e. The van der Waals surface area contributed by atoms with Crippen molar-refractivity contribution in [2.75, 3.05) is 0 Å². The number of rotatable bonds is 4. The van der Waals surface area contributed by atoms with Crippen molar-refractivity contribution in [3.8, 4) is 0 Å². The molecule has 0 aliphatic heterocycles. The molecule has 1 aliphatic carbocycles. The lowest BCUT2D eigenvalue weighted by molar-refractivity contribution is 0.0680. The third-order valence-corrected chi connectivity index (χ3v) is 5.44. The molecule has 0 atom stereocenters. The van der Waals surface area contributed by atoms with Gasteiger partial charge in [-0.1, -0.05) is 0 Å². The second kappa shape index (κ2) is 6.29. The Bertz CT molecular complexity index is 645. The van der Waals surface area contributed by atoms with Crippen LogP contribution in [0.5, 0.6) is 0 Å². The van der Waals surface area contributed by atoms with Gasteiger partial charge < -0.3 is 9.32 Å². The molecule has 2 aromatic rings. The van der Waals surface area contributed by atoms with Crippen LogP contribution in [0.25, 0.3) is 0 Å². The molecular formula is C18H23NO2S. The molecule has 3 rings (SSSR count). The summed E-state index contributed by atoms with van der Waals surface area (Å²) < 4.78 is 5.64. The van der Waals surface area contributed by atoms with Gasteiger partial charge in [0.2, 0.25) is 0 Å². The normalized spacial score (nSPS) is 14.2. The van der Waals surface area contributed by atoms with E-state index in [1.165, 1.54) is 23.3 Å². The van der Waals surface area contributed by atoms with Crippen molar-refractivity contribution in [3.63, 3.8) is 0 Å². The second-order valence-corrected chi connectivity index (χ2v) is 7.44. The first-order valence-electron chi connectivity index (χ1n) is 8.02. The quantitative estimate of drug-likeness (QED) is 0.827. The van der Waals surface area contributed by atoms with Gasteiger partial charge in [0, 0.05) is 10.9 Å². The molecule has 3 nitrogen and oxygen atoms in total. The number of fused-ring (bicyclic) bond motifs is 1. The van der Waals surface area contributed by atoms with E-state index in [4.69, 9.17) is 4.42 Å². The standard InChI is InChI=1S/C18H23NO2S/c1-12(2)19(11-15-9-8-13(3)21-15)18(20)17-10-14-6-4-5-7-16(14)22-17/h8-10,12H,4-7,11H2,1-3H3. The van der Waals surface area contributed by atoms with Crippen LogP contribution >= 0.6 is 11.3 Å². The van der Waals surface area contributed by atoms with Crippen molar-refractivity contribution >= 4 is 17.2 Å². The summed E-state index contributed by atoms with van der Waals surface area (Å²) in [5.74, 6) is 1.86. The van der Waals surface area contributed by atoms with Gasteiger partial charge in [-0.2, -0.15) is 0 Å². The van der Waals surface area contributed by atoms with Gasteiger partial charge in [-0.05, 0) is 70.2 Å². The number of aryl methyl sites for hydroxylation is 3. The summed E-state index contributed by atoms with van der Waals surface area (Å²) in [6, 6.07) is 6.17. The van der Waals surface area contributed by atoms with Gasteiger partial charge in [-0.15, -0.1) is 11.3 Å². The number of carbonyl (C=O) groups is 1. The summed E-state index contributed by atoms with van der Waals surface area (Å²) in [5, 5.41) is 0. The van der Waals surface area contributed by atoms with Gasteiger partial charge in [-0.25, -0.2) is 0 Å². The summed E-state index contributed by atoms with van der Waals surface area (Å²) in [7, 11) is 0. The van der Waals surface area contributed by atoms with E-state index in [1.807, 2.05) is 24.0 Å². The van der Waals surface area contributed by atoms with E-state index in [9.17, 15) is 4.79 Å². The minimum absolute atomic E-state index is 0.128. The van der Waals surface area contributed by atoms with Gasteiger partial charge in [-0.3, -0.25) is 4.79 Å². The number of nitrogens with zero attached hydrogens (tertiary/aromatic N) is 1. The molecule has 2 aromatic heterocycles. The molecule has 0 fully saturated rings. The lowest BCUT2D eigenvalue weighted by Gasteiger charge is -2.25. The van der Waals surface area contributed by atoms with Crippen LogP contribution in [0.15, 0.2) is 22.6 Å². The monoisotopic (exact) mass is 317 g/mol. The Hall–Kier alpha value is -1.55. The van der Waals surface area contributed by atoms with E-state index < -0.39 is 0 Å². The van der Waals surface area contributed by atoms with E-state index in [0.29, 0.717) is 6.54 Å². The van der Waals surface area contributed by atoms with Crippen molar-refractivity contribution in [1.82, 2.24) is 4.90 Å². The van der Waals surface area contributed by atoms with E-state index in [2.05, 4.69) is 19.9 Å². The van der Waals surface area contributed by atoms with Crippen LogP contribution in [0.1, 0.15) is 58.3 Å². The average molecular weight is 317 g/mol. The number of hydrogen-bond acceptors (Lipinski definition) is 3. The molecule has 22 heavy (non-hydrogen) atoms. The van der Waals surface area contributed by atoms with Crippen molar-refractivity contribution in [2.24, 2.45) is 0 Å². The molecular weight excluding hydrogens is 294 g/mol. The summed E-state index contributed by atoms with van der Waals surface area (Å²) in [6.07, 6.45) is 4.75. The topological polar surface area (TPSA) is 33.5 Å². The SMILES string of the molecule is Cc1ccc(CN(C(=O)c2cc3c(s2)CCCC3)C(C)C)o1. The smallest absolute Gasteiger partial charge is 0.264 e. The fourth-order valence-corrected chi connectivity index (χ4v) is 4.17. The molecule has 0 aromatic carbocycles. The zero-order valence-electron chi connectivity index (χ0n) is 13.5. The third-order valence-electron chi connectivity index (χ3n) is 4.21. The second-order valence-electron chi connectivity index (χ2n) is 6.31. The van der Waals surface area contributed by atoms with Gasteiger partial charge in [0.05, 0.1) is 11.4 Å². The predicted octanol–water partition coefficient (Wildman–Crippen LogP) is 4.58. The first-order chi connectivity index (χ1) is 10.5. The Morgan fingerprint density at radius 2 is 2.09 bits per heavy atom. The molecule has 0 radical (unpaired) electrons. The van der Waals surface area contributed by atoms with E-state index in [0.717, 1.165) is 29.2 Å². The van der Waals surface area contributed by atoms with Crippen LogP contribution in [0.4, 0.5) is 0 Å².